The lowest BCUT2D eigenvalue weighted by atomic mass is 10.2. The van der Waals surface area contributed by atoms with Crippen molar-refractivity contribution in [2.24, 2.45) is 0 Å². The van der Waals surface area contributed by atoms with Gasteiger partial charge in [-0.25, -0.2) is 0 Å². The Bertz CT molecular complexity index is 464. The van der Waals surface area contributed by atoms with Crippen LogP contribution in [-0.4, -0.2) is 6.61 Å². The summed E-state index contributed by atoms with van der Waals surface area (Å²) in [7, 11) is 0. The molecule has 0 radical (unpaired) electrons. The molecule has 0 aliphatic carbocycles. The van der Waals surface area contributed by atoms with E-state index in [-0.39, 0.29) is 0 Å². The van der Waals surface area contributed by atoms with Gasteiger partial charge in [-0.1, -0.05) is 11.6 Å². The van der Waals surface area contributed by atoms with Crippen LogP contribution in [0.1, 0.15) is 6.92 Å². The Hall–Kier alpha value is -0.380. The molecule has 1 aromatic carbocycles. The average molecular weight is 245 g/mol. The van der Waals surface area contributed by atoms with E-state index in [9.17, 15) is 0 Å². The Balaban J connectivity index is 2.66. The molecule has 0 aliphatic heterocycles. The van der Waals surface area contributed by atoms with E-state index in [2.05, 4.69) is 12.6 Å². The fourth-order valence-corrected chi connectivity index (χ4v) is 2.89. The monoisotopic (exact) mass is 244 g/mol. The van der Waals surface area contributed by atoms with Crippen LogP contribution in [0, 0.1) is 0 Å². The van der Waals surface area contributed by atoms with E-state index in [0.29, 0.717) is 6.61 Å². The largest absolute Gasteiger partial charge is 0.492 e. The molecule has 0 saturated heterocycles. The minimum Gasteiger partial charge on any atom is -0.492 e. The van der Waals surface area contributed by atoms with Crippen LogP contribution >= 0.6 is 35.6 Å². The van der Waals surface area contributed by atoms with Crippen molar-refractivity contribution in [1.82, 2.24) is 0 Å². The van der Waals surface area contributed by atoms with Crippen LogP contribution in [0.25, 0.3) is 10.1 Å². The summed E-state index contributed by atoms with van der Waals surface area (Å²) in [5.74, 6) is 0.894. The topological polar surface area (TPSA) is 9.23 Å². The average Bonchev–Trinajstić information content (AvgIpc) is 2.49. The molecule has 1 heterocycles. The third-order valence-electron chi connectivity index (χ3n) is 1.88. The van der Waals surface area contributed by atoms with Crippen molar-refractivity contribution in [2.75, 3.05) is 6.61 Å². The highest BCUT2D eigenvalue weighted by atomic mass is 35.5. The van der Waals surface area contributed by atoms with Crippen molar-refractivity contribution in [3.63, 3.8) is 0 Å². The number of fused-ring (bicyclic) bond motifs is 1. The fourth-order valence-electron chi connectivity index (χ4n) is 1.33. The van der Waals surface area contributed by atoms with Crippen LogP contribution in [0.5, 0.6) is 5.75 Å². The normalized spacial score (nSPS) is 10.8. The zero-order chi connectivity index (χ0) is 10.1. The van der Waals surface area contributed by atoms with Crippen LogP contribution in [0.2, 0.25) is 5.02 Å². The van der Waals surface area contributed by atoms with Gasteiger partial charge in [-0.15, -0.1) is 24.0 Å². The van der Waals surface area contributed by atoms with Crippen molar-refractivity contribution in [2.45, 2.75) is 11.8 Å². The van der Waals surface area contributed by atoms with Crippen LogP contribution in [-0.2, 0) is 0 Å². The van der Waals surface area contributed by atoms with E-state index in [1.807, 2.05) is 24.4 Å². The van der Waals surface area contributed by atoms with E-state index < -0.39 is 0 Å². The second kappa shape index (κ2) is 4.01. The van der Waals surface area contributed by atoms with Crippen LogP contribution in [0.4, 0.5) is 0 Å². The highest BCUT2D eigenvalue weighted by molar-refractivity contribution is 7.80. The molecule has 0 amide bonds. The van der Waals surface area contributed by atoms with Crippen LogP contribution < -0.4 is 4.74 Å². The summed E-state index contributed by atoms with van der Waals surface area (Å²) in [6, 6.07) is 3.82. The minimum absolute atomic E-state index is 0.667. The van der Waals surface area contributed by atoms with Crippen LogP contribution in [0.15, 0.2) is 22.4 Å². The van der Waals surface area contributed by atoms with Crippen molar-refractivity contribution in [1.29, 1.82) is 0 Å². The van der Waals surface area contributed by atoms with Crippen molar-refractivity contribution >= 4 is 45.7 Å². The summed E-state index contributed by atoms with van der Waals surface area (Å²) in [6.45, 7) is 2.63. The van der Waals surface area contributed by atoms with Gasteiger partial charge in [0.05, 0.1) is 16.3 Å². The SMILES string of the molecule is CCOc1csc2c(Cl)cc(S)cc12. The maximum atomic E-state index is 6.08. The lowest BCUT2D eigenvalue weighted by molar-refractivity contribution is 0.345. The quantitative estimate of drug-likeness (QED) is 0.778. The number of thiol groups is 1. The van der Waals surface area contributed by atoms with Crippen molar-refractivity contribution in [3.05, 3.63) is 22.5 Å². The van der Waals surface area contributed by atoms with Gasteiger partial charge >= 0.3 is 0 Å². The van der Waals surface area contributed by atoms with Gasteiger partial charge in [0.25, 0.3) is 0 Å². The molecule has 1 nitrogen and oxygen atoms in total. The third kappa shape index (κ3) is 1.72. The molecule has 0 N–H and O–H groups in total. The number of hydrogen-bond donors (Lipinski definition) is 1. The predicted molar refractivity (Wildman–Crippen MR) is 65.3 cm³/mol. The summed E-state index contributed by atoms with van der Waals surface area (Å²) >= 11 is 12.0. The first kappa shape index (κ1) is 10.1. The Morgan fingerprint density at radius 2 is 2.29 bits per heavy atom. The number of benzene rings is 1. The lowest BCUT2D eigenvalue weighted by Crippen LogP contribution is -1.89. The van der Waals surface area contributed by atoms with E-state index in [1.165, 1.54) is 0 Å². The smallest absolute Gasteiger partial charge is 0.137 e. The third-order valence-corrected chi connectivity index (χ3v) is 3.55. The van der Waals surface area contributed by atoms with Gasteiger partial charge < -0.3 is 4.74 Å². The van der Waals surface area contributed by atoms with Gasteiger partial charge in [-0.05, 0) is 19.1 Å². The molecule has 0 bridgehead atoms. The number of thiophene rings is 1. The molecule has 74 valence electrons. The van der Waals surface area contributed by atoms with Gasteiger partial charge in [0, 0.05) is 15.7 Å². The summed E-state index contributed by atoms with van der Waals surface area (Å²) in [5, 5.41) is 3.77. The Morgan fingerprint density at radius 3 is 3.00 bits per heavy atom. The second-order valence-electron chi connectivity index (χ2n) is 2.84. The van der Waals surface area contributed by atoms with Gasteiger partial charge in [0.2, 0.25) is 0 Å². The van der Waals surface area contributed by atoms with E-state index in [0.717, 1.165) is 25.8 Å². The Morgan fingerprint density at radius 1 is 1.50 bits per heavy atom. The molecule has 0 atom stereocenters. The maximum absolute atomic E-state index is 6.08. The van der Waals surface area contributed by atoms with Gasteiger partial charge in [0.15, 0.2) is 0 Å². The van der Waals surface area contributed by atoms with Gasteiger partial charge in [0.1, 0.15) is 5.75 Å². The Kier molecular flexibility index (Phi) is 2.91. The Labute approximate surface area is 97.1 Å². The molecule has 0 spiro atoms. The molecular formula is C10H9ClOS2. The number of hydrogen-bond acceptors (Lipinski definition) is 3. The first-order valence-electron chi connectivity index (χ1n) is 4.25. The molecule has 1 aromatic heterocycles. The standard InChI is InChI=1S/C10H9ClOS2/c1-2-12-9-5-14-10-7(9)3-6(13)4-8(10)11/h3-5,13H,2H2,1H3. The predicted octanol–water partition coefficient (Wildman–Crippen LogP) is 4.24. The first-order valence-corrected chi connectivity index (χ1v) is 5.95. The number of halogens is 1. The second-order valence-corrected chi connectivity index (χ2v) is 4.64. The highest BCUT2D eigenvalue weighted by Gasteiger charge is 2.08. The molecule has 2 aromatic rings. The summed E-state index contributed by atoms with van der Waals surface area (Å²) in [4.78, 5) is 0.863. The molecule has 0 fully saturated rings. The van der Waals surface area contributed by atoms with E-state index in [1.54, 1.807) is 11.3 Å². The summed E-state index contributed by atoms with van der Waals surface area (Å²) in [5.41, 5.74) is 0. The molecular weight excluding hydrogens is 236 g/mol. The number of ether oxygens (including phenoxy) is 1. The first-order chi connectivity index (χ1) is 6.72. The lowest BCUT2D eigenvalue weighted by Gasteiger charge is -2.01. The zero-order valence-corrected chi connectivity index (χ0v) is 10.0. The van der Waals surface area contributed by atoms with Crippen LogP contribution in [0.3, 0.4) is 0 Å². The van der Waals surface area contributed by atoms with Crippen molar-refractivity contribution in [3.8, 4) is 5.75 Å². The molecule has 0 aliphatic rings. The summed E-state index contributed by atoms with van der Waals surface area (Å²) in [6.07, 6.45) is 0. The molecule has 0 unspecified atom stereocenters. The molecule has 0 saturated carbocycles. The molecule has 14 heavy (non-hydrogen) atoms. The molecule has 2 rings (SSSR count). The maximum Gasteiger partial charge on any atom is 0.137 e. The van der Waals surface area contributed by atoms with Gasteiger partial charge in [-0.3, -0.25) is 0 Å². The highest BCUT2D eigenvalue weighted by Crippen LogP contribution is 2.38. The van der Waals surface area contributed by atoms with E-state index in [4.69, 9.17) is 16.3 Å². The van der Waals surface area contributed by atoms with Gasteiger partial charge in [-0.2, -0.15) is 0 Å². The molecule has 4 heteroatoms. The minimum atomic E-state index is 0.667. The number of rotatable bonds is 2. The zero-order valence-electron chi connectivity index (χ0n) is 7.58. The van der Waals surface area contributed by atoms with Crippen molar-refractivity contribution < 1.29 is 4.74 Å². The summed E-state index contributed by atoms with van der Waals surface area (Å²) < 4.78 is 6.55. The fraction of sp³-hybridized carbons (Fsp3) is 0.200. The van der Waals surface area contributed by atoms with E-state index >= 15 is 0 Å².